The van der Waals surface area contributed by atoms with Gasteiger partial charge < -0.3 is 14.8 Å². The van der Waals surface area contributed by atoms with Gasteiger partial charge in [-0.3, -0.25) is 9.69 Å². The lowest BCUT2D eigenvalue weighted by molar-refractivity contribution is -0.117. The Balaban J connectivity index is 1.52. The highest BCUT2D eigenvalue weighted by molar-refractivity contribution is 7.86. The smallest absolute Gasteiger partial charge is 0.282 e. The van der Waals surface area contributed by atoms with E-state index in [-0.39, 0.29) is 12.5 Å². The topological polar surface area (TPSA) is 91.4 Å². The highest BCUT2D eigenvalue weighted by Crippen LogP contribution is 2.28. The highest BCUT2D eigenvalue weighted by Gasteiger charge is 2.32. The normalized spacial score (nSPS) is 19.8. The highest BCUT2D eigenvalue weighted by atomic mass is 32.2. The van der Waals surface area contributed by atoms with E-state index in [2.05, 4.69) is 5.32 Å². The summed E-state index contributed by atoms with van der Waals surface area (Å²) < 4.78 is 39.5. The van der Waals surface area contributed by atoms with Gasteiger partial charge >= 0.3 is 0 Å². The minimum atomic E-state index is -3.42. The van der Waals surface area contributed by atoms with Gasteiger partial charge in [-0.1, -0.05) is 12.8 Å². The number of carbonyl (C=O) groups is 1. The Kier molecular flexibility index (Phi) is 7.93. The monoisotopic (exact) mass is 440 g/mol. The summed E-state index contributed by atoms with van der Waals surface area (Å²) in [5, 5.41) is 2.86. The molecule has 0 saturated carbocycles. The fourth-order valence-corrected chi connectivity index (χ4v) is 5.53. The van der Waals surface area contributed by atoms with Gasteiger partial charge in [-0.2, -0.15) is 17.0 Å². The Labute approximate surface area is 179 Å². The lowest BCUT2D eigenvalue weighted by Crippen LogP contribution is -2.54. The summed E-state index contributed by atoms with van der Waals surface area (Å²) in [6, 6.07) is 5.21. The molecule has 0 aromatic heterocycles. The molecule has 3 rings (SSSR count). The molecule has 10 heteroatoms. The van der Waals surface area contributed by atoms with Crippen LogP contribution in [0.2, 0.25) is 0 Å². The number of amides is 1. The standard InChI is InChI=1S/C20H32N4O5S/c1-28-17-7-8-19(29-2)18(15-17)21-20(25)16-22-11-13-24(14-12-22)30(26,27)23-9-5-3-4-6-10-23/h7-8,15H,3-6,9-14,16H2,1-2H3,(H,21,25). The lowest BCUT2D eigenvalue weighted by atomic mass is 10.2. The number of anilines is 1. The van der Waals surface area contributed by atoms with Gasteiger partial charge in [-0.15, -0.1) is 0 Å². The van der Waals surface area contributed by atoms with Crippen molar-refractivity contribution in [3.63, 3.8) is 0 Å². The second-order valence-corrected chi connectivity index (χ2v) is 9.54. The third-order valence-electron chi connectivity index (χ3n) is 5.60. The molecule has 30 heavy (non-hydrogen) atoms. The second kappa shape index (κ2) is 10.4. The van der Waals surface area contributed by atoms with E-state index in [0.717, 1.165) is 25.7 Å². The third kappa shape index (κ3) is 5.63. The predicted octanol–water partition coefficient (Wildman–Crippen LogP) is 1.38. The van der Waals surface area contributed by atoms with Crippen LogP contribution in [0.15, 0.2) is 18.2 Å². The number of hydrogen-bond acceptors (Lipinski definition) is 6. The number of piperazine rings is 1. The molecule has 0 spiro atoms. The van der Waals surface area contributed by atoms with Crippen molar-refractivity contribution in [1.29, 1.82) is 0 Å². The van der Waals surface area contributed by atoms with Gasteiger partial charge in [0, 0.05) is 45.3 Å². The maximum Gasteiger partial charge on any atom is 0.282 e. The molecule has 2 saturated heterocycles. The third-order valence-corrected chi connectivity index (χ3v) is 7.63. The second-order valence-electron chi connectivity index (χ2n) is 7.61. The summed E-state index contributed by atoms with van der Waals surface area (Å²) in [5.41, 5.74) is 0.546. The summed E-state index contributed by atoms with van der Waals surface area (Å²) in [7, 11) is -0.311. The molecule has 1 aromatic rings. The van der Waals surface area contributed by atoms with Crippen molar-refractivity contribution in [1.82, 2.24) is 13.5 Å². The fourth-order valence-electron chi connectivity index (χ4n) is 3.86. The van der Waals surface area contributed by atoms with Crippen LogP contribution in [0.5, 0.6) is 11.5 Å². The first-order valence-corrected chi connectivity index (χ1v) is 11.8. The molecule has 9 nitrogen and oxygen atoms in total. The van der Waals surface area contributed by atoms with Crippen LogP contribution < -0.4 is 14.8 Å². The number of nitrogens with zero attached hydrogens (tertiary/aromatic N) is 3. The predicted molar refractivity (Wildman–Crippen MR) is 115 cm³/mol. The molecule has 0 bridgehead atoms. The average molecular weight is 441 g/mol. The van der Waals surface area contributed by atoms with Gasteiger partial charge in [0.05, 0.1) is 26.5 Å². The molecule has 0 radical (unpaired) electrons. The van der Waals surface area contributed by atoms with E-state index in [1.807, 2.05) is 4.90 Å². The average Bonchev–Trinajstić information content (AvgIpc) is 3.04. The van der Waals surface area contributed by atoms with E-state index < -0.39 is 10.2 Å². The zero-order valence-corrected chi connectivity index (χ0v) is 18.6. The Morgan fingerprint density at radius 1 is 0.933 bits per heavy atom. The molecule has 168 valence electrons. The fraction of sp³-hybridized carbons (Fsp3) is 0.650. The van der Waals surface area contributed by atoms with Crippen molar-refractivity contribution in [2.75, 3.05) is 65.3 Å². The summed E-state index contributed by atoms with van der Waals surface area (Å²) >= 11 is 0. The molecule has 0 unspecified atom stereocenters. The molecular formula is C20H32N4O5S. The van der Waals surface area contributed by atoms with E-state index in [0.29, 0.717) is 56.5 Å². The van der Waals surface area contributed by atoms with E-state index in [9.17, 15) is 13.2 Å². The zero-order valence-electron chi connectivity index (χ0n) is 17.8. The first-order valence-electron chi connectivity index (χ1n) is 10.4. The van der Waals surface area contributed by atoms with Gasteiger partial charge in [0.25, 0.3) is 10.2 Å². The van der Waals surface area contributed by atoms with Gasteiger partial charge in [-0.05, 0) is 25.0 Å². The molecule has 2 fully saturated rings. The molecule has 1 amide bonds. The molecule has 0 atom stereocenters. The van der Waals surface area contributed by atoms with Crippen LogP contribution >= 0.6 is 0 Å². The summed E-state index contributed by atoms with van der Waals surface area (Å²) in [6.07, 6.45) is 4.03. The van der Waals surface area contributed by atoms with Crippen LogP contribution in [0.4, 0.5) is 5.69 Å². The summed E-state index contributed by atoms with van der Waals surface area (Å²) in [4.78, 5) is 14.5. The van der Waals surface area contributed by atoms with Gasteiger partial charge in [-0.25, -0.2) is 0 Å². The Hall–Kier alpha value is -1.88. The van der Waals surface area contributed by atoms with Crippen LogP contribution in [0.3, 0.4) is 0 Å². The number of methoxy groups -OCH3 is 2. The van der Waals surface area contributed by atoms with E-state index in [1.165, 1.54) is 0 Å². The Morgan fingerprint density at radius 2 is 1.57 bits per heavy atom. The lowest BCUT2D eigenvalue weighted by Gasteiger charge is -2.36. The Bertz CT molecular complexity index is 816. The molecule has 2 aliphatic rings. The minimum Gasteiger partial charge on any atom is -0.497 e. The van der Waals surface area contributed by atoms with Crippen molar-refractivity contribution >= 4 is 21.8 Å². The van der Waals surface area contributed by atoms with Gasteiger partial charge in [0.1, 0.15) is 11.5 Å². The largest absolute Gasteiger partial charge is 0.497 e. The molecule has 2 aliphatic heterocycles. The molecule has 2 heterocycles. The first kappa shape index (κ1) is 22.8. The molecule has 1 N–H and O–H groups in total. The maximum atomic E-state index is 12.9. The van der Waals surface area contributed by atoms with Gasteiger partial charge in [0.2, 0.25) is 5.91 Å². The van der Waals surface area contributed by atoms with Crippen molar-refractivity contribution in [3.05, 3.63) is 18.2 Å². The van der Waals surface area contributed by atoms with Crippen LogP contribution in [-0.4, -0.2) is 87.9 Å². The SMILES string of the molecule is COc1ccc(OC)c(NC(=O)CN2CCN(S(=O)(=O)N3CCCCCC3)CC2)c1. The van der Waals surface area contributed by atoms with E-state index >= 15 is 0 Å². The van der Waals surface area contributed by atoms with Crippen molar-refractivity contribution in [2.45, 2.75) is 25.7 Å². The Morgan fingerprint density at radius 3 is 2.17 bits per heavy atom. The molecular weight excluding hydrogens is 408 g/mol. The quantitative estimate of drug-likeness (QED) is 0.689. The summed E-state index contributed by atoms with van der Waals surface area (Å²) in [6.45, 7) is 3.24. The number of hydrogen-bond donors (Lipinski definition) is 1. The van der Waals surface area contributed by atoms with E-state index in [4.69, 9.17) is 9.47 Å². The minimum absolute atomic E-state index is 0.176. The van der Waals surface area contributed by atoms with E-state index in [1.54, 1.807) is 41.0 Å². The number of rotatable bonds is 7. The number of carbonyl (C=O) groups excluding carboxylic acids is 1. The first-order chi connectivity index (χ1) is 14.4. The van der Waals surface area contributed by atoms with Crippen LogP contribution in [0, 0.1) is 0 Å². The number of nitrogens with one attached hydrogen (secondary N) is 1. The summed E-state index contributed by atoms with van der Waals surface area (Å²) in [5.74, 6) is 1.00. The number of ether oxygens (including phenoxy) is 2. The maximum absolute atomic E-state index is 12.9. The van der Waals surface area contributed by atoms with Crippen LogP contribution in [0.1, 0.15) is 25.7 Å². The number of benzene rings is 1. The van der Waals surface area contributed by atoms with Crippen molar-refractivity contribution < 1.29 is 22.7 Å². The molecule has 1 aromatic carbocycles. The van der Waals surface area contributed by atoms with Crippen molar-refractivity contribution in [3.8, 4) is 11.5 Å². The van der Waals surface area contributed by atoms with Gasteiger partial charge in [0.15, 0.2) is 0 Å². The zero-order chi connectivity index (χ0) is 21.6. The van der Waals surface area contributed by atoms with Crippen LogP contribution in [-0.2, 0) is 15.0 Å². The van der Waals surface area contributed by atoms with Crippen molar-refractivity contribution in [2.24, 2.45) is 0 Å². The van der Waals surface area contributed by atoms with Crippen LogP contribution in [0.25, 0.3) is 0 Å². The molecule has 0 aliphatic carbocycles.